The van der Waals surface area contributed by atoms with Gasteiger partial charge in [-0.3, -0.25) is 10.00 Å². The summed E-state index contributed by atoms with van der Waals surface area (Å²) in [4.78, 5) is 10.1. The van der Waals surface area contributed by atoms with E-state index in [1.165, 1.54) is 44.5 Å². The molecule has 2 fully saturated rings. The topological polar surface area (TPSA) is 69.3 Å². The maximum absolute atomic E-state index is 5.39. The molecule has 2 aromatic heterocycles. The van der Waals surface area contributed by atoms with Gasteiger partial charge in [0.15, 0.2) is 5.82 Å². The van der Waals surface area contributed by atoms with Crippen molar-refractivity contribution < 1.29 is 4.74 Å². The van der Waals surface area contributed by atoms with Gasteiger partial charge in [-0.05, 0) is 55.3 Å². The van der Waals surface area contributed by atoms with Crippen molar-refractivity contribution in [3.05, 3.63) is 48.7 Å². The molecule has 0 amide bonds. The van der Waals surface area contributed by atoms with Crippen molar-refractivity contribution in [3.63, 3.8) is 0 Å². The van der Waals surface area contributed by atoms with Crippen LogP contribution in [0.5, 0.6) is 5.75 Å². The standard InChI is InChI=1S/C26H30N6O/c1-33-21-10-11-24-22(16-21)23-17-27-30-25(23)26(29-24)28-18-6-8-20(9-7-18)32-14-12-31(13-15-32)19-4-2-3-5-19/h6-11,16-17,19H,2-5,12-15H2,1H3,(H,27,30)(H,28,29). The minimum atomic E-state index is 0.776. The van der Waals surface area contributed by atoms with E-state index in [-0.39, 0.29) is 0 Å². The number of piperazine rings is 1. The van der Waals surface area contributed by atoms with E-state index in [1.807, 2.05) is 24.4 Å². The first-order chi connectivity index (χ1) is 16.3. The van der Waals surface area contributed by atoms with Crippen molar-refractivity contribution >= 4 is 39.0 Å². The molecule has 0 bridgehead atoms. The molecule has 1 aliphatic heterocycles. The molecule has 2 N–H and O–H groups in total. The molecule has 0 spiro atoms. The van der Waals surface area contributed by atoms with Crippen LogP contribution < -0.4 is 15.0 Å². The third kappa shape index (κ3) is 3.86. The Bertz CT molecular complexity index is 1250. The van der Waals surface area contributed by atoms with E-state index in [2.05, 4.69) is 49.6 Å². The van der Waals surface area contributed by atoms with Crippen LogP contribution >= 0.6 is 0 Å². The molecule has 0 unspecified atom stereocenters. The number of hydrogen-bond donors (Lipinski definition) is 2. The number of nitrogens with one attached hydrogen (secondary N) is 2. The number of pyridine rings is 1. The van der Waals surface area contributed by atoms with E-state index in [9.17, 15) is 0 Å². The van der Waals surface area contributed by atoms with Gasteiger partial charge in [-0.1, -0.05) is 12.8 Å². The molecule has 6 rings (SSSR count). The lowest BCUT2D eigenvalue weighted by Gasteiger charge is -2.39. The van der Waals surface area contributed by atoms with Crippen molar-refractivity contribution in [2.75, 3.05) is 43.5 Å². The molecule has 3 heterocycles. The lowest BCUT2D eigenvalue weighted by atomic mass is 10.1. The Kier molecular flexibility index (Phi) is 5.26. The molecular formula is C26H30N6O. The lowest BCUT2D eigenvalue weighted by molar-refractivity contribution is 0.187. The molecule has 2 aliphatic rings. The third-order valence-electron chi connectivity index (χ3n) is 7.25. The quantitative estimate of drug-likeness (QED) is 0.457. The van der Waals surface area contributed by atoms with Crippen molar-refractivity contribution in [3.8, 4) is 5.75 Å². The minimum Gasteiger partial charge on any atom is -0.497 e. The highest BCUT2D eigenvalue weighted by atomic mass is 16.5. The van der Waals surface area contributed by atoms with Crippen molar-refractivity contribution in [1.82, 2.24) is 20.1 Å². The number of rotatable bonds is 5. The van der Waals surface area contributed by atoms with E-state index in [1.54, 1.807) is 7.11 Å². The van der Waals surface area contributed by atoms with Gasteiger partial charge in [0.2, 0.25) is 0 Å². The zero-order chi connectivity index (χ0) is 22.2. The number of fused-ring (bicyclic) bond motifs is 3. The molecule has 1 saturated heterocycles. The summed E-state index contributed by atoms with van der Waals surface area (Å²) in [5.41, 5.74) is 4.10. The molecule has 7 heteroatoms. The minimum absolute atomic E-state index is 0.776. The first-order valence-electron chi connectivity index (χ1n) is 12.0. The van der Waals surface area contributed by atoms with Crippen LogP contribution in [0.3, 0.4) is 0 Å². The predicted octanol–water partition coefficient (Wildman–Crippen LogP) is 4.93. The van der Waals surface area contributed by atoms with Gasteiger partial charge in [0.1, 0.15) is 11.3 Å². The Labute approximate surface area is 193 Å². The van der Waals surface area contributed by atoms with Crippen LogP contribution in [-0.4, -0.2) is 59.4 Å². The lowest BCUT2D eigenvalue weighted by Crippen LogP contribution is -2.49. The Morgan fingerprint density at radius 2 is 1.76 bits per heavy atom. The highest BCUT2D eigenvalue weighted by molar-refractivity contribution is 6.09. The zero-order valence-corrected chi connectivity index (χ0v) is 19.1. The summed E-state index contributed by atoms with van der Waals surface area (Å²) in [6, 6.07) is 15.5. The molecule has 1 aliphatic carbocycles. The van der Waals surface area contributed by atoms with Crippen LogP contribution in [0, 0.1) is 0 Å². The van der Waals surface area contributed by atoms with E-state index in [4.69, 9.17) is 9.72 Å². The van der Waals surface area contributed by atoms with Gasteiger partial charge in [0.05, 0.1) is 18.8 Å². The second kappa shape index (κ2) is 8.56. The van der Waals surface area contributed by atoms with Crippen LogP contribution in [0.2, 0.25) is 0 Å². The summed E-state index contributed by atoms with van der Waals surface area (Å²) < 4.78 is 5.39. The van der Waals surface area contributed by atoms with Crippen LogP contribution in [-0.2, 0) is 0 Å². The Hall–Kier alpha value is -3.32. The molecule has 1 saturated carbocycles. The summed E-state index contributed by atoms with van der Waals surface area (Å²) in [6.45, 7) is 4.56. The maximum Gasteiger partial charge on any atom is 0.157 e. The molecule has 7 nitrogen and oxygen atoms in total. The average Bonchev–Trinajstić information content (AvgIpc) is 3.58. The van der Waals surface area contributed by atoms with Gasteiger partial charge in [-0.15, -0.1) is 0 Å². The monoisotopic (exact) mass is 442 g/mol. The summed E-state index contributed by atoms with van der Waals surface area (Å²) in [5, 5.41) is 12.9. The van der Waals surface area contributed by atoms with Gasteiger partial charge in [0.25, 0.3) is 0 Å². The average molecular weight is 443 g/mol. The van der Waals surface area contributed by atoms with Crippen molar-refractivity contribution in [2.24, 2.45) is 0 Å². The van der Waals surface area contributed by atoms with E-state index < -0.39 is 0 Å². The molecular weight excluding hydrogens is 412 g/mol. The number of anilines is 3. The Morgan fingerprint density at radius 3 is 2.52 bits per heavy atom. The van der Waals surface area contributed by atoms with Crippen molar-refractivity contribution in [2.45, 2.75) is 31.7 Å². The van der Waals surface area contributed by atoms with Gasteiger partial charge >= 0.3 is 0 Å². The molecule has 170 valence electrons. The second-order valence-corrected chi connectivity index (χ2v) is 9.14. The number of H-pyrrole nitrogens is 1. The predicted molar refractivity (Wildman–Crippen MR) is 134 cm³/mol. The van der Waals surface area contributed by atoms with E-state index in [0.29, 0.717) is 0 Å². The number of nitrogens with zero attached hydrogens (tertiary/aromatic N) is 4. The largest absolute Gasteiger partial charge is 0.497 e. The number of hydrogen-bond acceptors (Lipinski definition) is 6. The number of aromatic amines is 1. The van der Waals surface area contributed by atoms with Crippen LogP contribution in [0.25, 0.3) is 21.8 Å². The van der Waals surface area contributed by atoms with Gasteiger partial charge in [-0.2, -0.15) is 5.10 Å². The van der Waals surface area contributed by atoms with Gasteiger partial charge in [0, 0.05) is 54.4 Å². The summed E-state index contributed by atoms with van der Waals surface area (Å²) >= 11 is 0. The molecule has 2 aromatic carbocycles. The Balaban J connectivity index is 1.19. The van der Waals surface area contributed by atoms with Gasteiger partial charge in [-0.25, -0.2) is 4.98 Å². The molecule has 4 aromatic rings. The smallest absolute Gasteiger partial charge is 0.157 e. The van der Waals surface area contributed by atoms with Crippen LogP contribution in [0.15, 0.2) is 48.7 Å². The number of ether oxygens (including phenoxy) is 1. The van der Waals surface area contributed by atoms with Crippen LogP contribution in [0.1, 0.15) is 25.7 Å². The fourth-order valence-electron chi connectivity index (χ4n) is 5.40. The maximum atomic E-state index is 5.39. The normalized spacial score (nSPS) is 17.8. The highest BCUT2D eigenvalue weighted by Crippen LogP contribution is 2.32. The van der Waals surface area contributed by atoms with E-state index in [0.717, 1.165) is 58.2 Å². The first kappa shape index (κ1) is 20.3. The second-order valence-electron chi connectivity index (χ2n) is 9.14. The summed E-state index contributed by atoms with van der Waals surface area (Å²) in [5.74, 6) is 1.59. The van der Waals surface area contributed by atoms with Gasteiger partial charge < -0.3 is 15.0 Å². The fraction of sp³-hybridized carbons (Fsp3) is 0.385. The summed E-state index contributed by atoms with van der Waals surface area (Å²) in [7, 11) is 1.68. The molecule has 0 radical (unpaired) electrons. The third-order valence-corrected chi connectivity index (χ3v) is 7.25. The molecule has 33 heavy (non-hydrogen) atoms. The highest BCUT2D eigenvalue weighted by Gasteiger charge is 2.26. The number of benzene rings is 2. The fourth-order valence-corrected chi connectivity index (χ4v) is 5.40. The van der Waals surface area contributed by atoms with Crippen molar-refractivity contribution in [1.29, 1.82) is 0 Å². The van der Waals surface area contributed by atoms with Crippen LogP contribution in [0.4, 0.5) is 17.2 Å². The molecule has 0 atom stereocenters. The SMILES string of the molecule is COc1ccc2nc(Nc3ccc(N4CCN(C5CCCC5)CC4)cc3)c3[nH]ncc3c2c1. The number of methoxy groups -OCH3 is 1. The zero-order valence-electron chi connectivity index (χ0n) is 19.1. The first-order valence-corrected chi connectivity index (χ1v) is 12.0. The number of aromatic nitrogens is 3. The Morgan fingerprint density at radius 1 is 0.970 bits per heavy atom. The summed E-state index contributed by atoms with van der Waals surface area (Å²) in [6.07, 6.45) is 7.44. The van der Waals surface area contributed by atoms with E-state index >= 15 is 0 Å².